The van der Waals surface area contributed by atoms with E-state index in [9.17, 15) is 9.59 Å². The summed E-state index contributed by atoms with van der Waals surface area (Å²) in [5.74, 6) is 0. The summed E-state index contributed by atoms with van der Waals surface area (Å²) in [7, 11) is 0. The molecule has 0 fully saturated rings. The zero-order valence-electron chi connectivity index (χ0n) is 9.49. The number of hydrogen-bond acceptors (Lipinski definition) is 3. The van der Waals surface area contributed by atoms with E-state index in [1.54, 1.807) is 18.2 Å². The summed E-state index contributed by atoms with van der Waals surface area (Å²) in [6.45, 7) is 2.48. The molecule has 0 radical (unpaired) electrons. The van der Waals surface area contributed by atoms with Gasteiger partial charge in [0.15, 0.2) is 0 Å². The van der Waals surface area contributed by atoms with Gasteiger partial charge in [0, 0.05) is 12.2 Å². The van der Waals surface area contributed by atoms with Crippen LogP contribution in [0.2, 0.25) is 0 Å². The lowest BCUT2D eigenvalue weighted by molar-refractivity contribution is 0.242. The van der Waals surface area contributed by atoms with Crippen LogP contribution in [-0.4, -0.2) is 22.1 Å². The fourth-order valence-corrected chi connectivity index (χ4v) is 1.64. The van der Waals surface area contributed by atoms with Crippen molar-refractivity contribution in [3.05, 3.63) is 28.7 Å². The van der Waals surface area contributed by atoms with Crippen LogP contribution in [0.25, 0.3) is 11.0 Å². The molecule has 0 bridgehead atoms. The summed E-state index contributed by atoms with van der Waals surface area (Å²) in [5.41, 5.74) is 6.77. The van der Waals surface area contributed by atoms with Crippen molar-refractivity contribution in [2.45, 2.75) is 13.3 Å². The molecule has 1 heterocycles. The van der Waals surface area contributed by atoms with Crippen LogP contribution in [0.5, 0.6) is 0 Å². The first-order chi connectivity index (χ1) is 8.13. The van der Waals surface area contributed by atoms with Gasteiger partial charge in [0.05, 0.1) is 11.0 Å². The van der Waals surface area contributed by atoms with Gasteiger partial charge >= 0.3 is 11.7 Å². The number of H-pyrrole nitrogens is 1. The fourth-order valence-electron chi connectivity index (χ4n) is 1.64. The van der Waals surface area contributed by atoms with Crippen molar-refractivity contribution in [2.75, 3.05) is 12.3 Å². The highest BCUT2D eigenvalue weighted by Gasteiger charge is 2.12. The highest BCUT2D eigenvalue weighted by atomic mass is 16.2. The second kappa shape index (κ2) is 4.32. The maximum absolute atomic E-state index is 11.8. The molecule has 0 aliphatic carbocycles. The minimum absolute atomic E-state index is 0.423. The van der Waals surface area contributed by atoms with Crippen molar-refractivity contribution < 1.29 is 4.79 Å². The Kier molecular flexibility index (Phi) is 2.86. The van der Waals surface area contributed by atoms with E-state index in [1.165, 1.54) is 0 Å². The molecular formula is C11H14N4O2. The van der Waals surface area contributed by atoms with Crippen LogP contribution in [0.1, 0.15) is 13.3 Å². The first kappa shape index (κ1) is 11.3. The van der Waals surface area contributed by atoms with Crippen LogP contribution < -0.4 is 16.7 Å². The number of benzene rings is 1. The van der Waals surface area contributed by atoms with Crippen molar-refractivity contribution in [3.63, 3.8) is 0 Å². The van der Waals surface area contributed by atoms with Crippen LogP contribution in [0.4, 0.5) is 10.5 Å². The molecule has 90 valence electrons. The summed E-state index contributed by atoms with van der Waals surface area (Å²) in [4.78, 5) is 26.0. The molecule has 0 unspecified atom stereocenters. The molecule has 17 heavy (non-hydrogen) atoms. The lowest BCUT2D eigenvalue weighted by atomic mass is 10.3. The maximum atomic E-state index is 11.8. The molecule has 6 heteroatoms. The topological polar surface area (TPSA) is 92.9 Å². The molecule has 1 aromatic heterocycles. The quantitative estimate of drug-likeness (QED) is 0.673. The first-order valence-electron chi connectivity index (χ1n) is 5.42. The number of nitrogens with two attached hydrogens (primary N) is 1. The standard InChI is InChI=1S/C11H14N4O2/c1-2-5-13-10(16)15-9-4-3-7(12)6-8(9)14-11(15)17/h3-4,6H,2,5,12H2,1H3,(H,13,16)(H,14,17). The number of aromatic amines is 1. The summed E-state index contributed by atoms with van der Waals surface area (Å²) in [6.07, 6.45) is 0.815. The zero-order chi connectivity index (χ0) is 12.4. The van der Waals surface area contributed by atoms with Gasteiger partial charge in [-0.3, -0.25) is 0 Å². The molecule has 6 nitrogen and oxygen atoms in total. The van der Waals surface area contributed by atoms with Crippen LogP contribution in [0, 0.1) is 0 Å². The van der Waals surface area contributed by atoms with Gasteiger partial charge in [0.2, 0.25) is 0 Å². The first-order valence-corrected chi connectivity index (χ1v) is 5.42. The summed E-state index contributed by atoms with van der Waals surface area (Å²) in [5, 5.41) is 2.66. The molecule has 1 amide bonds. The molecule has 0 aliphatic heterocycles. The third-order valence-electron chi connectivity index (χ3n) is 2.44. The van der Waals surface area contributed by atoms with Crippen molar-refractivity contribution >= 4 is 22.8 Å². The van der Waals surface area contributed by atoms with E-state index in [-0.39, 0.29) is 0 Å². The van der Waals surface area contributed by atoms with Crippen LogP contribution >= 0.6 is 0 Å². The summed E-state index contributed by atoms with van der Waals surface area (Å²) < 4.78 is 1.07. The van der Waals surface area contributed by atoms with Gasteiger partial charge in [0.25, 0.3) is 0 Å². The molecule has 0 atom stereocenters. The average molecular weight is 234 g/mol. The van der Waals surface area contributed by atoms with Gasteiger partial charge in [-0.25, -0.2) is 14.2 Å². The lowest BCUT2D eigenvalue weighted by Crippen LogP contribution is -2.35. The number of aromatic nitrogens is 2. The summed E-state index contributed by atoms with van der Waals surface area (Å²) in [6, 6.07) is 4.50. The number of rotatable bonds is 2. The molecule has 2 aromatic rings. The van der Waals surface area contributed by atoms with Gasteiger partial charge in [-0.1, -0.05) is 6.92 Å². The van der Waals surface area contributed by atoms with E-state index in [1.807, 2.05) is 6.92 Å². The van der Waals surface area contributed by atoms with Crippen molar-refractivity contribution in [1.82, 2.24) is 14.9 Å². The number of nitrogens with zero attached hydrogens (tertiary/aromatic N) is 1. The van der Waals surface area contributed by atoms with Crippen molar-refractivity contribution in [3.8, 4) is 0 Å². The van der Waals surface area contributed by atoms with E-state index in [4.69, 9.17) is 5.73 Å². The molecule has 4 N–H and O–H groups in total. The molecule has 0 aliphatic rings. The van der Waals surface area contributed by atoms with Crippen LogP contribution in [0.15, 0.2) is 23.0 Å². The molecule has 0 saturated heterocycles. The zero-order valence-corrected chi connectivity index (χ0v) is 9.49. The van der Waals surface area contributed by atoms with Crippen molar-refractivity contribution in [1.29, 1.82) is 0 Å². The third-order valence-corrected chi connectivity index (χ3v) is 2.44. The number of hydrogen-bond donors (Lipinski definition) is 3. The fraction of sp³-hybridized carbons (Fsp3) is 0.273. The number of nitrogen functional groups attached to an aromatic ring is 1. The molecule has 0 saturated carbocycles. The Labute approximate surface area is 97.4 Å². The van der Waals surface area contributed by atoms with Crippen LogP contribution in [-0.2, 0) is 0 Å². The minimum atomic E-state index is -0.459. The Morgan fingerprint density at radius 2 is 2.29 bits per heavy atom. The number of carbonyl (C=O) groups excluding carboxylic acids is 1. The van der Waals surface area contributed by atoms with Gasteiger partial charge in [-0.2, -0.15) is 0 Å². The Morgan fingerprint density at radius 1 is 1.53 bits per heavy atom. The molecule has 1 aromatic carbocycles. The monoisotopic (exact) mass is 234 g/mol. The maximum Gasteiger partial charge on any atom is 0.334 e. The highest BCUT2D eigenvalue weighted by Crippen LogP contribution is 2.13. The molecule has 2 rings (SSSR count). The second-order valence-corrected chi connectivity index (χ2v) is 3.77. The van der Waals surface area contributed by atoms with E-state index >= 15 is 0 Å². The van der Waals surface area contributed by atoms with Gasteiger partial charge in [-0.15, -0.1) is 0 Å². The Morgan fingerprint density at radius 3 is 3.00 bits per heavy atom. The van der Waals surface area contributed by atoms with Gasteiger partial charge in [-0.05, 0) is 24.6 Å². The van der Waals surface area contributed by atoms with E-state index in [2.05, 4.69) is 10.3 Å². The smallest absolute Gasteiger partial charge is 0.334 e. The van der Waals surface area contributed by atoms with Gasteiger partial charge < -0.3 is 16.0 Å². The number of imidazole rings is 1. The Balaban J connectivity index is 2.50. The minimum Gasteiger partial charge on any atom is -0.399 e. The number of carbonyl (C=O) groups is 1. The number of amides is 1. The number of fused-ring (bicyclic) bond motifs is 1. The third kappa shape index (κ3) is 2.01. The Bertz CT molecular complexity index is 611. The lowest BCUT2D eigenvalue weighted by Gasteiger charge is -2.03. The molecular weight excluding hydrogens is 220 g/mol. The largest absolute Gasteiger partial charge is 0.399 e. The second-order valence-electron chi connectivity index (χ2n) is 3.77. The summed E-state index contributed by atoms with van der Waals surface area (Å²) >= 11 is 0. The predicted molar refractivity (Wildman–Crippen MR) is 66.1 cm³/mol. The van der Waals surface area contributed by atoms with E-state index < -0.39 is 11.7 Å². The normalized spacial score (nSPS) is 10.6. The average Bonchev–Trinajstić information content (AvgIpc) is 2.61. The molecule has 0 spiro atoms. The van der Waals surface area contributed by atoms with E-state index in [0.29, 0.717) is 23.3 Å². The van der Waals surface area contributed by atoms with Crippen LogP contribution in [0.3, 0.4) is 0 Å². The SMILES string of the molecule is CCCNC(=O)n1c(=O)[nH]c2cc(N)ccc21. The number of nitrogens with one attached hydrogen (secondary N) is 2. The van der Waals surface area contributed by atoms with Gasteiger partial charge in [0.1, 0.15) is 0 Å². The highest BCUT2D eigenvalue weighted by molar-refractivity contribution is 5.90. The van der Waals surface area contributed by atoms with E-state index in [0.717, 1.165) is 11.0 Å². The van der Waals surface area contributed by atoms with Crippen molar-refractivity contribution in [2.24, 2.45) is 0 Å². The predicted octanol–water partition coefficient (Wildman–Crippen LogP) is 0.879. The Hall–Kier alpha value is -2.24. The number of anilines is 1.